The number of piperidine rings is 1. The molecule has 12 nitrogen and oxygen atoms in total. The highest BCUT2D eigenvalue weighted by atomic mass is 16.5. The summed E-state index contributed by atoms with van der Waals surface area (Å²) in [5.41, 5.74) is 1.50. The van der Waals surface area contributed by atoms with Crippen molar-refractivity contribution in [3.05, 3.63) is 47.6 Å². The molecule has 13 atom stereocenters. The molecule has 61 heavy (non-hydrogen) atoms. The lowest BCUT2D eigenvalue weighted by Gasteiger charge is -2.38. The van der Waals surface area contributed by atoms with Crippen molar-refractivity contribution in [1.82, 2.24) is 4.90 Å². The number of Topliss-reactive ketones (excluding diaryl/α,β-unsaturated/α-hetero) is 3. The number of cyclic esters (lactones) is 1. The molecule has 2 bridgehead atoms. The predicted octanol–water partition coefficient (Wildman–Crippen LogP) is 6.99. The van der Waals surface area contributed by atoms with Crippen LogP contribution in [0.15, 0.2) is 47.6 Å². The van der Waals surface area contributed by atoms with Gasteiger partial charge < -0.3 is 34.1 Å². The number of hydrogen-bond acceptors (Lipinski definition) is 11. The molecule has 0 aromatic carbocycles. The number of nitrogens with zero attached hydrogens (tertiary/aromatic N) is 1. The number of fused-ring (bicyclic) bond motifs is 3. The fourth-order valence-electron chi connectivity index (χ4n) is 9.43. The second kappa shape index (κ2) is 24.5. The predicted molar refractivity (Wildman–Crippen MR) is 233 cm³/mol. The minimum Gasteiger partial charge on any atom is -0.460 e. The molecule has 4 aliphatic rings. The third-order valence-electron chi connectivity index (χ3n) is 13.6. The Kier molecular flexibility index (Phi) is 20.2. The highest BCUT2D eigenvalue weighted by molar-refractivity contribution is 6.38. The zero-order valence-electron chi connectivity index (χ0n) is 38.1. The first-order chi connectivity index (χ1) is 29.0. The maximum atomic E-state index is 14.1. The number of ketones is 3. The lowest BCUT2D eigenvalue weighted by molar-refractivity contribution is -0.169. The molecule has 0 aromatic rings. The van der Waals surface area contributed by atoms with Gasteiger partial charge >= 0.3 is 5.97 Å². The first kappa shape index (κ1) is 50.4. The smallest absolute Gasteiger partial charge is 0.329 e. The fraction of sp³-hybridized carbons (Fsp3) is 0.735. The Labute approximate surface area is 364 Å². The lowest BCUT2D eigenvalue weighted by atomic mass is 9.81. The Morgan fingerprint density at radius 1 is 0.787 bits per heavy atom. The normalized spacial score (nSPS) is 37.9. The molecule has 4 rings (SSSR count). The van der Waals surface area contributed by atoms with Crippen molar-refractivity contribution in [2.75, 3.05) is 20.8 Å². The molecule has 2 N–H and O–H groups in total. The third-order valence-corrected chi connectivity index (χ3v) is 13.6. The van der Waals surface area contributed by atoms with E-state index in [-0.39, 0.29) is 72.9 Å². The molecule has 0 aromatic heterocycles. The van der Waals surface area contributed by atoms with E-state index in [9.17, 15) is 34.2 Å². The van der Waals surface area contributed by atoms with Crippen LogP contribution in [0.4, 0.5) is 0 Å². The van der Waals surface area contributed by atoms with E-state index in [4.69, 9.17) is 18.9 Å². The van der Waals surface area contributed by atoms with E-state index < -0.39 is 54.0 Å². The highest BCUT2D eigenvalue weighted by Gasteiger charge is 2.43. The maximum Gasteiger partial charge on any atom is 0.329 e. The number of ether oxygens (including phenoxy) is 4. The number of carbonyl (C=O) groups excluding carboxylic acids is 5. The molecule has 3 heterocycles. The Morgan fingerprint density at radius 3 is 2.26 bits per heavy atom. The van der Waals surface area contributed by atoms with Gasteiger partial charge in [0.15, 0.2) is 0 Å². The van der Waals surface area contributed by atoms with Crippen LogP contribution < -0.4 is 0 Å². The van der Waals surface area contributed by atoms with Crippen LogP contribution in [0.2, 0.25) is 0 Å². The van der Waals surface area contributed by atoms with Crippen LogP contribution in [0, 0.1) is 29.6 Å². The van der Waals surface area contributed by atoms with E-state index in [1.54, 1.807) is 34.1 Å². The average Bonchev–Trinajstić information content (AvgIpc) is 3.24. The van der Waals surface area contributed by atoms with Crippen molar-refractivity contribution in [3.8, 4) is 0 Å². The van der Waals surface area contributed by atoms with Crippen LogP contribution in [0.1, 0.15) is 131 Å². The van der Waals surface area contributed by atoms with Gasteiger partial charge in [-0.2, -0.15) is 0 Å². The zero-order valence-corrected chi connectivity index (χ0v) is 38.1. The summed E-state index contributed by atoms with van der Waals surface area (Å²) >= 11 is 0. The van der Waals surface area contributed by atoms with Crippen molar-refractivity contribution >= 4 is 29.2 Å². The van der Waals surface area contributed by atoms with Crippen molar-refractivity contribution in [2.24, 2.45) is 29.6 Å². The lowest BCUT2D eigenvalue weighted by Crippen LogP contribution is -2.55. The van der Waals surface area contributed by atoms with Gasteiger partial charge in [-0.1, -0.05) is 64.2 Å². The summed E-state index contributed by atoms with van der Waals surface area (Å²) in [5.74, 6) is -3.11. The van der Waals surface area contributed by atoms with Crippen molar-refractivity contribution in [1.29, 1.82) is 0 Å². The van der Waals surface area contributed by atoms with E-state index in [0.717, 1.165) is 12.0 Å². The minimum atomic E-state index is -1.05. The van der Waals surface area contributed by atoms with E-state index >= 15 is 0 Å². The molecule has 2 unspecified atom stereocenters. The number of allylic oxidation sites excluding steroid dienone is 6. The number of amides is 1. The van der Waals surface area contributed by atoms with E-state index in [1.807, 2.05) is 58.1 Å². The van der Waals surface area contributed by atoms with Gasteiger partial charge in [0.2, 0.25) is 5.78 Å². The van der Waals surface area contributed by atoms with Crippen LogP contribution >= 0.6 is 0 Å². The molecular weight excluding hydrogens is 779 g/mol. The van der Waals surface area contributed by atoms with E-state index in [1.165, 1.54) is 4.90 Å². The van der Waals surface area contributed by atoms with Crippen LogP contribution in [0.3, 0.4) is 0 Å². The van der Waals surface area contributed by atoms with Gasteiger partial charge in [0.25, 0.3) is 5.91 Å². The second-order valence-electron chi connectivity index (χ2n) is 18.6. The number of aliphatic hydroxyl groups excluding tert-OH is 2. The van der Waals surface area contributed by atoms with Crippen LogP contribution in [-0.4, -0.2) is 114 Å². The number of aliphatic hydroxyl groups is 2. The van der Waals surface area contributed by atoms with Crippen LogP contribution in [0.25, 0.3) is 0 Å². The SMILES string of the molecule is CO[C@H]1CC2CC[C@@H](C)C(O2)C(=O)C(=O)N2CCCC[C@H]2C(=O)O[C@H](CC[C@@H]2CC[C@@H](O)[C@H](OC)C2)CC(=O)[C@H](C)/C=C(\C)[C@@H](O)CC(=O)[C@H](C)C[C@H](C)/C=C/C=CC=C1C. The van der Waals surface area contributed by atoms with Gasteiger partial charge in [-0.25, -0.2) is 4.79 Å². The zero-order chi connectivity index (χ0) is 44.8. The average molecular weight is 854 g/mol. The number of carbonyl (C=O) groups is 5. The third kappa shape index (κ3) is 14.9. The quantitative estimate of drug-likeness (QED) is 0.166. The first-order valence-corrected chi connectivity index (χ1v) is 22.9. The summed E-state index contributed by atoms with van der Waals surface area (Å²) in [6.07, 6.45) is 14.3. The van der Waals surface area contributed by atoms with Crippen molar-refractivity contribution < 1.29 is 53.1 Å². The molecule has 342 valence electrons. The molecule has 3 aliphatic heterocycles. The largest absolute Gasteiger partial charge is 0.460 e. The summed E-state index contributed by atoms with van der Waals surface area (Å²) in [4.78, 5) is 70.7. The van der Waals surface area contributed by atoms with E-state index in [0.29, 0.717) is 76.2 Å². The molecule has 12 heteroatoms. The van der Waals surface area contributed by atoms with Crippen molar-refractivity contribution in [3.63, 3.8) is 0 Å². The molecule has 1 aliphatic carbocycles. The number of hydrogen-bond donors (Lipinski definition) is 2. The van der Waals surface area contributed by atoms with Gasteiger partial charge in [-0.3, -0.25) is 19.2 Å². The number of rotatable bonds is 5. The summed E-state index contributed by atoms with van der Waals surface area (Å²) in [6.45, 7) is 11.5. The van der Waals surface area contributed by atoms with Gasteiger partial charge in [0, 0.05) is 51.9 Å². The molecule has 1 amide bonds. The van der Waals surface area contributed by atoms with Crippen molar-refractivity contribution in [2.45, 2.75) is 180 Å². The Hall–Kier alpha value is -3.29. The Morgan fingerprint density at radius 2 is 1.54 bits per heavy atom. The minimum absolute atomic E-state index is 0.0549. The van der Waals surface area contributed by atoms with Gasteiger partial charge in [-0.05, 0) is 113 Å². The molecule has 1 saturated carbocycles. The molecule has 0 spiro atoms. The summed E-state index contributed by atoms with van der Waals surface area (Å²) in [6, 6.07) is -0.984. The van der Waals surface area contributed by atoms with Gasteiger partial charge in [0.1, 0.15) is 29.8 Å². The summed E-state index contributed by atoms with van der Waals surface area (Å²) < 4.78 is 23.9. The number of esters is 1. The topological polar surface area (TPSA) is 166 Å². The number of methoxy groups -OCH3 is 2. The monoisotopic (exact) mass is 854 g/mol. The van der Waals surface area contributed by atoms with Crippen LogP contribution in [0.5, 0.6) is 0 Å². The molecule has 2 saturated heterocycles. The summed E-state index contributed by atoms with van der Waals surface area (Å²) in [7, 11) is 3.22. The Bertz CT molecular complexity index is 1620. The summed E-state index contributed by atoms with van der Waals surface area (Å²) in [5, 5.41) is 21.4. The van der Waals surface area contributed by atoms with Gasteiger partial charge in [0.05, 0.1) is 30.5 Å². The highest BCUT2D eigenvalue weighted by Crippen LogP contribution is 2.33. The maximum absolute atomic E-state index is 14.1. The fourth-order valence-corrected chi connectivity index (χ4v) is 9.43. The standard InChI is InChI=1S/C49H75NO11/c1-30-14-10-9-11-15-31(2)44(58-7)28-38-20-17-32(3)47(60-38)46(55)48(56)50-23-13-12-16-39(50)49(57)61-37(21-18-36-19-22-40(51)45(26-36)59-8)27-41(52)34(5)25-35(6)43(54)29-42(53)33(4)24-30/h9-11,14-15,25,30,32-34,36-40,43-45,47,51,54H,12-13,16-24,26-29H2,1-8H3/b11-9?,14-10+,31-15?,35-25+/t30-,32-,33-,34-,36-,37-,38?,39+,40-,43+,44+,45-,47?/m1/s1. The molecular formula is C49H75NO11. The van der Waals surface area contributed by atoms with Gasteiger partial charge in [-0.15, -0.1) is 0 Å². The Balaban J connectivity index is 1.61. The van der Waals surface area contributed by atoms with Crippen LogP contribution in [-0.2, 0) is 42.9 Å². The first-order valence-electron chi connectivity index (χ1n) is 22.9. The van der Waals surface area contributed by atoms with E-state index in [2.05, 4.69) is 0 Å². The molecule has 3 fully saturated rings. The molecule has 0 radical (unpaired) electrons. The second-order valence-corrected chi connectivity index (χ2v) is 18.6.